The van der Waals surface area contributed by atoms with E-state index in [2.05, 4.69) is 0 Å². The average molecular weight is 242 g/mol. The molecule has 0 aromatic rings. The SMILES string of the molecule is CC(C)C[C@H](CN1C(=O)CN(C)C1=O)C(=O)O. The molecule has 0 aliphatic carbocycles. The minimum absolute atomic E-state index is 0.0322. The summed E-state index contributed by atoms with van der Waals surface area (Å²) in [4.78, 5) is 36.5. The van der Waals surface area contributed by atoms with Gasteiger partial charge in [-0.1, -0.05) is 13.8 Å². The largest absolute Gasteiger partial charge is 0.481 e. The maximum atomic E-state index is 11.6. The summed E-state index contributed by atoms with van der Waals surface area (Å²) in [6, 6.07) is -0.412. The van der Waals surface area contributed by atoms with Crippen LogP contribution in [-0.2, 0) is 9.59 Å². The molecular formula is C11H18N2O4. The summed E-state index contributed by atoms with van der Waals surface area (Å²) >= 11 is 0. The zero-order valence-corrected chi connectivity index (χ0v) is 10.3. The Morgan fingerprint density at radius 1 is 1.41 bits per heavy atom. The van der Waals surface area contributed by atoms with Crippen molar-refractivity contribution < 1.29 is 19.5 Å². The van der Waals surface area contributed by atoms with Crippen LogP contribution >= 0.6 is 0 Å². The lowest BCUT2D eigenvalue weighted by atomic mass is 9.97. The van der Waals surface area contributed by atoms with E-state index in [-0.39, 0.29) is 24.9 Å². The molecule has 1 aliphatic heterocycles. The van der Waals surface area contributed by atoms with Crippen LogP contribution in [0.15, 0.2) is 0 Å². The number of likely N-dealkylation sites (N-methyl/N-ethyl adjacent to an activating group) is 1. The number of hydrogen-bond donors (Lipinski definition) is 1. The molecule has 96 valence electrons. The summed E-state index contributed by atoms with van der Waals surface area (Å²) in [7, 11) is 1.53. The maximum absolute atomic E-state index is 11.6. The molecule has 0 spiro atoms. The maximum Gasteiger partial charge on any atom is 0.326 e. The van der Waals surface area contributed by atoms with Gasteiger partial charge in [0, 0.05) is 13.6 Å². The smallest absolute Gasteiger partial charge is 0.326 e. The van der Waals surface area contributed by atoms with Crippen molar-refractivity contribution in [3.8, 4) is 0 Å². The minimum Gasteiger partial charge on any atom is -0.481 e. The van der Waals surface area contributed by atoms with Crippen molar-refractivity contribution in [1.82, 2.24) is 9.80 Å². The first-order valence-corrected chi connectivity index (χ1v) is 5.61. The van der Waals surface area contributed by atoms with E-state index in [0.29, 0.717) is 6.42 Å². The molecule has 17 heavy (non-hydrogen) atoms. The van der Waals surface area contributed by atoms with Crippen LogP contribution in [0.2, 0.25) is 0 Å². The van der Waals surface area contributed by atoms with Gasteiger partial charge in [0.25, 0.3) is 0 Å². The second-order valence-electron chi connectivity index (χ2n) is 4.81. The van der Waals surface area contributed by atoms with Crippen molar-refractivity contribution in [2.24, 2.45) is 11.8 Å². The van der Waals surface area contributed by atoms with Gasteiger partial charge in [-0.25, -0.2) is 4.79 Å². The summed E-state index contributed by atoms with van der Waals surface area (Å²) in [5, 5.41) is 9.06. The molecule has 1 atom stereocenters. The first kappa shape index (κ1) is 13.5. The Hall–Kier alpha value is -1.59. The molecule has 1 saturated heterocycles. The quantitative estimate of drug-likeness (QED) is 0.717. The molecule has 0 aromatic heterocycles. The van der Waals surface area contributed by atoms with Crippen LogP contribution in [0.25, 0.3) is 0 Å². The van der Waals surface area contributed by atoms with Crippen molar-refractivity contribution >= 4 is 17.9 Å². The van der Waals surface area contributed by atoms with Crippen molar-refractivity contribution in [2.75, 3.05) is 20.1 Å². The number of carbonyl (C=O) groups excluding carboxylic acids is 2. The summed E-state index contributed by atoms with van der Waals surface area (Å²) < 4.78 is 0. The Kier molecular flexibility index (Phi) is 4.09. The van der Waals surface area contributed by atoms with E-state index < -0.39 is 17.9 Å². The van der Waals surface area contributed by atoms with Crippen LogP contribution in [-0.4, -0.2) is 53.0 Å². The van der Waals surface area contributed by atoms with Gasteiger partial charge in [-0.15, -0.1) is 0 Å². The lowest BCUT2D eigenvalue weighted by Gasteiger charge is -2.20. The van der Waals surface area contributed by atoms with Gasteiger partial charge in [0.2, 0.25) is 5.91 Å². The van der Waals surface area contributed by atoms with Gasteiger partial charge in [0.1, 0.15) is 6.54 Å². The number of rotatable bonds is 5. The number of carboxylic acids is 1. The number of nitrogens with zero attached hydrogens (tertiary/aromatic N) is 2. The summed E-state index contributed by atoms with van der Waals surface area (Å²) in [5.41, 5.74) is 0. The summed E-state index contributed by atoms with van der Waals surface area (Å²) in [6.45, 7) is 3.83. The fraction of sp³-hybridized carbons (Fsp3) is 0.727. The molecule has 0 aromatic carbocycles. The highest BCUT2D eigenvalue weighted by molar-refractivity contribution is 6.02. The van der Waals surface area contributed by atoms with Crippen molar-refractivity contribution in [3.63, 3.8) is 0 Å². The molecule has 0 unspecified atom stereocenters. The lowest BCUT2D eigenvalue weighted by molar-refractivity contribution is -0.143. The number of aliphatic carboxylic acids is 1. The fourth-order valence-corrected chi connectivity index (χ4v) is 1.89. The van der Waals surface area contributed by atoms with Crippen molar-refractivity contribution in [2.45, 2.75) is 20.3 Å². The standard InChI is InChI=1S/C11H18N2O4/c1-7(2)4-8(10(15)16)5-13-9(14)6-12(3)11(13)17/h7-8H,4-6H2,1-3H3,(H,15,16)/t8-/m1/s1. The monoisotopic (exact) mass is 242 g/mol. The highest BCUT2D eigenvalue weighted by Gasteiger charge is 2.36. The molecule has 6 heteroatoms. The van der Waals surface area contributed by atoms with E-state index in [1.807, 2.05) is 13.8 Å². The van der Waals surface area contributed by atoms with E-state index in [9.17, 15) is 14.4 Å². The van der Waals surface area contributed by atoms with Gasteiger partial charge in [0.15, 0.2) is 0 Å². The third-order valence-electron chi connectivity index (χ3n) is 2.74. The Labute approximate surface area is 100 Å². The highest BCUT2D eigenvalue weighted by atomic mass is 16.4. The Morgan fingerprint density at radius 3 is 2.35 bits per heavy atom. The molecule has 1 N–H and O–H groups in total. The van der Waals surface area contributed by atoms with Gasteiger partial charge in [-0.2, -0.15) is 0 Å². The van der Waals surface area contributed by atoms with Crippen LogP contribution in [0.4, 0.5) is 4.79 Å². The van der Waals surface area contributed by atoms with Gasteiger partial charge in [-0.3, -0.25) is 14.5 Å². The zero-order chi connectivity index (χ0) is 13.2. The number of carbonyl (C=O) groups is 3. The number of imide groups is 1. The van der Waals surface area contributed by atoms with Gasteiger partial charge in [-0.05, 0) is 12.3 Å². The molecule has 1 fully saturated rings. The predicted octanol–water partition coefficient (Wildman–Crippen LogP) is 0.627. The van der Waals surface area contributed by atoms with E-state index in [1.165, 1.54) is 11.9 Å². The van der Waals surface area contributed by atoms with Gasteiger partial charge in [0.05, 0.1) is 5.92 Å². The van der Waals surface area contributed by atoms with E-state index in [1.54, 1.807) is 0 Å². The third-order valence-corrected chi connectivity index (χ3v) is 2.74. The third kappa shape index (κ3) is 3.18. The Morgan fingerprint density at radius 2 is 2.00 bits per heavy atom. The van der Waals surface area contributed by atoms with Gasteiger partial charge < -0.3 is 10.0 Å². The minimum atomic E-state index is -0.964. The first-order chi connectivity index (χ1) is 7.82. The first-order valence-electron chi connectivity index (χ1n) is 5.61. The van der Waals surface area contributed by atoms with Crippen molar-refractivity contribution in [1.29, 1.82) is 0 Å². The zero-order valence-electron chi connectivity index (χ0n) is 10.3. The number of urea groups is 1. The highest BCUT2D eigenvalue weighted by Crippen LogP contribution is 2.17. The average Bonchev–Trinajstić information content (AvgIpc) is 2.43. The second kappa shape index (κ2) is 5.16. The molecule has 3 amide bonds. The van der Waals surface area contributed by atoms with Gasteiger partial charge >= 0.3 is 12.0 Å². The second-order valence-corrected chi connectivity index (χ2v) is 4.81. The molecule has 0 bridgehead atoms. The molecular weight excluding hydrogens is 224 g/mol. The topological polar surface area (TPSA) is 77.9 Å². The molecule has 1 heterocycles. The van der Waals surface area contributed by atoms with Crippen LogP contribution in [0, 0.1) is 11.8 Å². The van der Waals surface area contributed by atoms with Crippen LogP contribution in [0.5, 0.6) is 0 Å². The fourth-order valence-electron chi connectivity index (χ4n) is 1.89. The normalized spacial score (nSPS) is 18.1. The molecule has 0 saturated carbocycles. The van der Waals surface area contributed by atoms with E-state index in [4.69, 9.17) is 5.11 Å². The molecule has 1 aliphatic rings. The summed E-state index contributed by atoms with van der Waals surface area (Å²) in [5.74, 6) is -1.77. The predicted molar refractivity (Wildman–Crippen MR) is 60.3 cm³/mol. The van der Waals surface area contributed by atoms with Crippen molar-refractivity contribution in [3.05, 3.63) is 0 Å². The van der Waals surface area contributed by atoms with Crippen LogP contribution < -0.4 is 0 Å². The molecule has 0 radical (unpaired) electrons. The molecule has 1 rings (SSSR count). The molecule has 6 nitrogen and oxygen atoms in total. The number of carboxylic acid groups (broad SMARTS) is 1. The summed E-state index contributed by atoms with van der Waals surface area (Å²) in [6.07, 6.45) is 0.454. The van der Waals surface area contributed by atoms with E-state index >= 15 is 0 Å². The van der Waals surface area contributed by atoms with E-state index in [0.717, 1.165) is 4.90 Å². The van der Waals surface area contributed by atoms with Crippen LogP contribution in [0.3, 0.4) is 0 Å². The Bertz CT molecular complexity index is 340. The number of amides is 3. The lowest BCUT2D eigenvalue weighted by Crippen LogP contribution is -2.38. The Balaban J connectivity index is 2.70. The van der Waals surface area contributed by atoms with Crippen LogP contribution in [0.1, 0.15) is 20.3 Å². The number of hydrogen-bond acceptors (Lipinski definition) is 3.